The Kier molecular flexibility index (Phi) is 18.7. The van der Waals surface area contributed by atoms with Gasteiger partial charge in [0.1, 0.15) is 4.33 Å². The van der Waals surface area contributed by atoms with Crippen LogP contribution in [0.1, 0.15) is 156 Å². The first-order valence-corrected chi connectivity index (χ1v) is 13.6. The van der Waals surface area contributed by atoms with Crippen LogP contribution in [0.4, 0.5) is 0 Å². The first-order chi connectivity index (χ1) is 13.5. The van der Waals surface area contributed by atoms with Crippen molar-refractivity contribution in [2.24, 2.45) is 5.41 Å². The van der Waals surface area contributed by atoms with E-state index in [-0.39, 0.29) is 5.41 Å². The molecule has 0 amide bonds. The third-order valence-corrected chi connectivity index (χ3v) is 7.83. The van der Waals surface area contributed by atoms with Crippen LogP contribution in [0.5, 0.6) is 0 Å². The van der Waals surface area contributed by atoms with Crippen LogP contribution in [0.2, 0.25) is 0 Å². The second-order valence-corrected chi connectivity index (χ2v) is 10.7. The van der Waals surface area contributed by atoms with Gasteiger partial charge in [-0.1, -0.05) is 130 Å². The number of hydrogen-bond acceptors (Lipinski definition) is 0. The summed E-state index contributed by atoms with van der Waals surface area (Å²) < 4.78 is -0.550. The molecule has 0 aliphatic carbocycles. The van der Waals surface area contributed by atoms with Gasteiger partial charge in [0, 0.05) is 5.41 Å². The summed E-state index contributed by atoms with van der Waals surface area (Å²) in [4.78, 5) is 0. The molecule has 0 bridgehead atoms. The summed E-state index contributed by atoms with van der Waals surface area (Å²) in [6.45, 7) is 9.16. The van der Waals surface area contributed by atoms with Crippen molar-refractivity contribution in [3.63, 3.8) is 0 Å². The van der Waals surface area contributed by atoms with Gasteiger partial charge < -0.3 is 0 Å². The predicted molar refractivity (Wildman–Crippen MR) is 132 cm³/mol. The minimum Gasteiger partial charge on any atom is -0.101 e. The van der Waals surface area contributed by atoms with E-state index in [4.69, 9.17) is 23.2 Å². The highest BCUT2D eigenvalue weighted by Gasteiger charge is 2.47. The van der Waals surface area contributed by atoms with Crippen molar-refractivity contribution in [1.82, 2.24) is 0 Å². The molecule has 0 rings (SSSR count). The van der Waals surface area contributed by atoms with Crippen LogP contribution in [0.25, 0.3) is 0 Å². The van der Waals surface area contributed by atoms with Crippen LogP contribution in [0, 0.1) is 5.41 Å². The maximum absolute atomic E-state index is 7.24. The van der Waals surface area contributed by atoms with Crippen molar-refractivity contribution in [2.45, 2.75) is 160 Å². The Hall–Kier alpha value is 0.580. The lowest BCUT2D eigenvalue weighted by Crippen LogP contribution is -2.40. The molecule has 0 heterocycles. The van der Waals surface area contributed by atoms with Crippen LogP contribution in [-0.4, -0.2) is 4.33 Å². The Labute approximate surface area is 188 Å². The van der Waals surface area contributed by atoms with Crippen molar-refractivity contribution >= 4 is 23.2 Å². The van der Waals surface area contributed by atoms with Gasteiger partial charge in [-0.3, -0.25) is 0 Å². The molecule has 0 aromatic heterocycles. The van der Waals surface area contributed by atoms with Gasteiger partial charge in [0.2, 0.25) is 0 Å². The molecular formula is C26H52Cl2. The second-order valence-electron chi connectivity index (χ2n) is 9.23. The highest BCUT2D eigenvalue weighted by molar-refractivity contribution is 6.49. The second kappa shape index (κ2) is 18.4. The topological polar surface area (TPSA) is 0 Å². The molecule has 0 nitrogen and oxygen atoms in total. The zero-order chi connectivity index (χ0) is 21.1. The third kappa shape index (κ3) is 12.3. The van der Waals surface area contributed by atoms with E-state index in [2.05, 4.69) is 27.7 Å². The van der Waals surface area contributed by atoms with E-state index in [9.17, 15) is 0 Å². The van der Waals surface area contributed by atoms with Crippen molar-refractivity contribution in [3.05, 3.63) is 0 Å². The molecule has 0 aliphatic rings. The molecule has 170 valence electrons. The largest absolute Gasteiger partial charge is 0.123 e. The molecule has 0 saturated carbocycles. The van der Waals surface area contributed by atoms with Crippen LogP contribution >= 0.6 is 23.2 Å². The summed E-state index contributed by atoms with van der Waals surface area (Å²) in [7, 11) is 0. The Morgan fingerprint density at radius 1 is 0.393 bits per heavy atom. The summed E-state index contributed by atoms with van der Waals surface area (Å²) >= 11 is 14.5. The van der Waals surface area contributed by atoms with Crippen LogP contribution in [0.3, 0.4) is 0 Å². The van der Waals surface area contributed by atoms with Gasteiger partial charge in [-0.15, -0.1) is 23.2 Å². The molecule has 0 unspecified atom stereocenters. The Balaban J connectivity index is 5.17. The van der Waals surface area contributed by atoms with Crippen LogP contribution in [-0.2, 0) is 0 Å². The first-order valence-electron chi connectivity index (χ1n) is 12.9. The predicted octanol–water partition coefficient (Wildman–Crippen LogP) is 11.0. The van der Waals surface area contributed by atoms with Gasteiger partial charge in [-0.2, -0.15) is 0 Å². The molecule has 0 aromatic rings. The minimum absolute atomic E-state index is 0.123. The first kappa shape index (κ1) is 28.6. The number of unbranched alkanes of at least 4 members (excludes halogenated alkanes) is 12. The number of alkyl halides is 2. The Bertz CT molecular complexity index is 293. The van der Waals surface area contributed by atoms with Crippen molar-refractivity contribution in [1.29, 1.82) is 0 Å². The average Bonchev–Trinajstić information content (AvgIpc) is 2.68. The monoisotopic (exact) mass is 434 g/mol. The van der Waals surface area contributed by atoms with E-state index >= 15 is 0 Å². The van der Waals surface area contributed by atoms with E-state index in [1.165, 1.54) is 122 Å². The lowest BCUT2D eigenvalue weighted by atomic mass is 9.69. The normalized spacial score (nSPS) is 12.6. The van der Waals surface area contributed by atoms with E-state index in [1.807, 2.05) is 0 Å². The highest BCUT2D eigenvalue weighted by Crippen LogP contribution is 2.54. The van der Waals surface area contributed by atoms with Crippen molar-refractivity contribution in [2.75, 3.05) is 0 Å². The molecule has 0 aliphatic heterocycles. The summed E-state index contributed by atoms with van der Waals surface area (Å²) in [5, 5.41) is 0. The average molecular weight is 436 g/mol. The zero-order valence-electron chi connectivity index (χ0n) is 19.9. The van der Waals surface area contributed by atoms with Crippen molar-refractivity contribution < 1.29 is 0 Å². The molecule has 28 heavy (non-hydrogen) atoms. The molecule has 0 saturated heterocycles. The lowest BCUT2D eigenvalue weighted by Gasteiger charge is -2.45. The molecule has 0 N–H and O–H groups in total. The van der Waals surface area contributed by atoms with Crippen LogP contribution in [0.15, 0.2) is 0 Å². The SMILES string of the molecule is CCCCCCC(Cl)(Cl)C(CCCCCC)(CCCCCC)CCCCCC. The van der Waals surface area contributed by atoms with Gasteiger partial charge >= 0.3 is 0 Å². The smallest absolute Gasteiger partial charge is 0.101 e. The fourth-order valence-corrected chi connectivity index (χ4v) is 5.47. The molecular weight excluding hydrogens is 383 g/mol. The van der Waals surface area contributed by atoms with E-state index < -0.39 is 4.33 Å². The van der Waals surface area contributed by atoms with E-state index in [0.717, 1.165) is 6.42 Å². The summed E-state index contributed by atoms with van der Waals surface area (Å²) in [6, 6.07) is 0. The fraction of sp³-hybridized carbons (Fsp3) is 1.00. The maximum Gasteiger partial charge on any atom is 0.123 e. The highest BCUT2D eigenvalue weighted by atomic mass is 35.5. The minimum atomic E-state index is -0.550. The summed E-state index contributed by atoms with van der Waals surface area (Å²) in [6.07, 6.45) is 25.5. The lowest BCUT2D eigenvalue weighted by molar-refractivity contribution is 0.157. The van der Waals surface area contributed by atoms with Crippen molar-refractivity contribution in [3.8, 4) is 0 Å². The summed E-state index contributed by atoms with van der Waals surface area (Å²) in [5.41, 5.74) is 0.123. The van der Waals surface area contributed by atoms with E-state index in [0.29, 0.717) is 0 Å². The fourth-order valence-electron chi connectivity index (χ4n) is 4.63. The van der Waals surface area contributed by atoms with Gasteiger partial charge in [0.05, 0.1) is 0 Å². The van der Waals surface area contributed by atoms with Gasteiger partial charge in [0.15, 0.2) is 0 Å². The number of hydrogen-bond donors (Lipinski definition) is 0. The van der Waals surface area contributed by atoms with Crippen LogP contribution < -0.4 is 0 Å². The molecule has 0 radical (unpaired) electrons. The third-order valence-electron chi connectivity index (χ3n) is 6.65. The Morgan fingerprint density at radius 2 is 0.679 bits per heavy atom. The molecule has 2 heteroatoms. The van der Waals surface area contributed by atoms with Gasteiger partial charge in [0.25, 0.3) is 0 Å². The molecule has 0 spiro atoms. The Morgan fingerprint density at radius 3 is 0.964 bits per heavy atom. The maximum atomic E-state index is 7.24. The van der Waals surface area contributed by atoms with Gasteiger partial charge in [-0.05, 0) is 25.7 Å². The molecule has 0 atom stereocenters. The molecule has 0 aromatic carbocycles. The molecule has 0 fully saturated rings. The summed E-state index contributed by atoms with van der Waals surface area (Å²) in [5.74, 6) is 0. The number of rotatable bonds is 21. The van der Waals surface area contributed by atoms with Gasteiger partial charge in [-0.25, -0.2) is 0 Å². The quantitative estimate of drug-likeness (QED) is 0.124. The standard InChI is InChI=1S/C26H52Cl2/c1-5-9-13-17-21-25(22-18-14-10-6-2,23-19-15-11-7-3)26(27,28)24-20-16-12-8-4/h5-24H2,1-4H3. The number of halogens is 2. The van der Waals surface area contributed by atoms with E-state index in [1.54, 1.807) is 0 Å². The zero-order valence-corrected chi connectivity index (χ0v) is 21.4.